The minimum atomic E-state index is -0.264. The lowest BCUT2D eigenvalue weighted by molar-refractivity contribution is 0.0691. The van der Waals surface area contributed by atoms with Gasteiger partial charge < -0.3 is 4.98 Å². The van der Waals surface area contributed by atoms with Gasteiger partial charge in [-0.1, -0.05) is 36.4 Å². The van der Waals surface area contributed by atoms with Gasteiger partial charge in [0.15, 0.2) is 0 Å². The highest BCUT2D eigenvalue weighted by Crippen LogP contribution is 2.33. The molecule has 0 saturated heterocycles. The first-order valence-electron chi connectivity index (χ1n) is 6.04. The molecule has 1 aliphatic rings. The number of nitrogens with one attached hydrogen (secondary N) is 1. The van der Waals surface area contributed by atoms with Gasteiger partial charge in [0, 0.05) is 17.8 Å². The molecule has 0 aliphatic carbocycles. The number of imide groups is 1. The Bertz CT molecular complexity index is 876. The van der Waals surface area contributed by atoms with Crippen LogP contribution in [0.1, 0.15) is 20.8 Å². The van der Waals surface area contributed by atoms with Crippen LogP contribution in [0.5, 0.6) is 0 Å². The molecular formula is C15H10N2O2. The molecule has 0 unspecified atom stereocenters. The van der Waals surface area contributed by atoms with Crippen LogP contribution in [0, 0.1) is 0 Å². The molecule has 0 spiro atoms. The van der Waals surface area contributed by atoms with Gasteiger partial charge in [-0.25, -0.2) is 0 Å². The Morgan fingerprint density at radius 1 is 0.947 bits per heavy atom. The average Bonchev–Trinajstić information content (AvgIpc) is 2.92. The molecule has 4 rings (SSSR count). The Labute approximate surface area is 108 Å². The maximum absolute atomic E-state index is 12.1. The summed E-state index contributed by atoms with van der Waals surface area (Å²) in [7, 11) is 1.51. The lowest BCUT2D eigenvalue weighted by atomic mass is 10.1. The molecule has 0 fully saturated rings. The molecule has 19 heavy (non-hydrogen) atoms. The molecule has 3 aromatic rings. The highest BCUT2D eigenvalue weighted by atomic mass is 16.2. The Balaban J connectivity index is 2.19. The zero-order valence-corrected chi connectivity index (χ0v) is 10.2. The van der Waals surface area contributed by atoms with E-state index >= 15 is 0 Å². The molecular weight excluding hydrogens is 240 g/mol. The maximum atomic E-state index is 12.1. The van der Waals surface area contributed by atoms with E-state index in [4.69, 9.17) is 0 Å². The normalized spacial score (nSPS) is 14.7. The highest BCUT2D eigenvalue weighted by molar-refractivity contribution is 6.28. The Hall–Kier alpha value is -2.62. The highest BCUT2D eigenvalue weighted by Gasteiger charge is 2.36. The number of aromatic amines is 1. The van der Waals surface area contributed by atoms with Crippen LogP contribution >= 0.6 is 0 Å². The van der Waals surface area contributed by atoms with Crippen molar-refractivity contribution in [2.45, 2.75) is 0 Å². The summed E-state index contributed by atoms with van der Waals surface area (Å²) in [6.45, 7) is 0. The van der Waals surface area contributed by atoms with Crippen LogP contribution in [-0.4, -0.2) is 28.7 Å². The van der Waals surface area contributed by atoms with Crippen molar-refractivity contribution in [3.63, 3.8) is 0 Å². The molecule has 4 nitrogen and oxygen atoms in total. The van der Waals surface area contributed by atoms with Gasteiger partial charge in [0.1, 0.15) is 5.69 Å². The van der Waals surface area contributed by atoms with Crippen molar-refractivity contribution in [1.29, 1.82) is 0 Å². The smallest absolute Gasteiger partial charge is 0.277 e. The van der Waals surface area contributed by atoms with Crippen LogP contribution in [0.4, 0.5) is 0 Å². The van der Waals surface area contributed by atoms with Gasteiger partial charge in [-0.2, -0.15) is 0 Å². The quantitative estimate of drug-likeness (QED) is 0.623. The molecule has 2 heterocycles. The number of benzene rings is 2. The SMILES string of the molecule is CN1C(=O)c2[nH]c3c(ccc4ccccc43)c2C1=O. The summed E-state index contributed by atoms with van der Waals surface area (Å²) in [4.78, 5) is 28.4. The second-order valence-electron chi connectivity index (χ2n) is 4.75. The molecule has 1 N–H and O–H groups in total. The number of aromatic nitrogens is 1. The van der Waals surface area contributed by atoms with E-state index in [2.05, 4.69) is 4.98 Å². The second kappa shape index (κ2) is 3.23. The van der Waals surface area contributed by atoms with Crippen LogP contribution in [-0.2, 0) is 0 Å². The Kier molecular flexibility index (Phi) is 1.75. The number of rotatable bonds is 0. The summed E-state index contributed by atoms with van der Waals surface area (Å²) in [6.07, 6.45) is 0. The zero-order valence-electron chi connectivity index (χ0n) is 10.2. The fourth-order valence-electron chi connectivity index (χ4n) is 2.75. The number of H-pyrrole nitrogens is 1. The third-order valence-corrected chi connectivity index (χ3v) is 3.74. The van der Waals surface area contributed by atoms with Crippen LogP contribution < -0.4 is 0 Å². The first-order chi connectivity index (χ1) is 9.18. The second-order valence-corrected chi connectivity index (χ2v) is 4.75. The third kappa shape index (κ3) is 1.13. The molecule has 0 saturated carbocycles. The van der Waals surface area contributed by atoms with Crippen molar-refractivity contribution in [1.82, 2.24) is 9.88 Å². The van der Waals surface area contributed by atoms with Gasteiger partial charge in [0.25, 0.3) is 11.8 Å². The van der Waals surface area contributed by atoms with Gasteiger partial charge in [0.05, 0.1) is 11.1 Å². The number of carbonyl (C=O) groups is 2. The number of fused-ring (bicyclic) bond motifs is 5. The van der Waals surface area contributed by atoms with E-state index in [1.165, 1.54) is 7.05 Å². The summed E-state index contributed by atoms with van der Waals surface area (Å²) in [5.41, 5.74) is 1.75. The predicted molar refractivity (Wildman–Crippen MR) is 72.2 cm³/mol. The van der Waals surface area contributed by atoms with Crippen molar-refractivity contribution in [2.75, 3.05) is 7.05 Å². The largest absolute Gasteiger partial charge is 0.349 e. The van der Waals surface area contributed by atoms with E-state index in [0.717, 1.165) is 26.6 Å². The fourth-order valence-corrected chi connectivity index (χ4v) is 2.75. The van der Waals surface area contributed by atoms with Crippen molar-refractivity contribution >= 4 is 33.5 Å². The van der Waals surface area contributed by atoms with Crippen molar-refractivity contribution < 1.29 is 9.59 Å². The lowest BCUT2D eigenvalue weighted by Crippen LogP contribution is -2.25. The summed E-state index contributed by atoms with van der Waals surface area (Å²) in [5, 5.41) is 2.93. The predicted octanol–water partition coefficient (Wildman–Crippen LogP) is 2.55. The van der Waals surface area contributed by atoms with Crippen LogP contribution in [0.25, 0.3) is 21.7 Å². The average molecular weight is 250 g/mol. The summed E-state index contributed by atoms with van der Waals surface area (Å²) in [6, 6.07) is 11.8. The van der Waals surface area contributed by atoms with Crippen LogP contribution in [0.2, 0.25) is 0 Å². The molecule has 2 amide bonds. The van der Waals surface area contributed by atoms with Gasteiger partial charge in [-0.05, 0) is 5.39 Å². The Morgan fingerprint density at radius 2 is 1.74 bits per heavy atom. The number of hydrogen-bond acceptors (Lipinski definition) is 2. The summed E-state index contributed by atoms with van der Waals surface area (Å²) < 4.78 is 0. The topological polar surface area (TPSA) is 53.2 Å². The molecule has 92 valence electrons. The van der Waals surface area contributed by atoms with Crippen LogP contribution in [0.15, 0.2) is 36.4 Å². The van der Waals surface area contributed by atoms with E-state index in [9.17, 15) is 9.59 Å². The van der Waals surface area contributed by atoms with Crippen molar-refractivity contribution in [3.05, 3.63) is 47.7 Å². The molecule has 2 aromatic carbocycles. The van der Waals surface area contributed by atoms with E-state index in [0.29, 0.717) is 11.3 Å². The van der Waals surface area contributed by atoms with Crippen molar-refractivity contribution in [3.8, 4) is 0 Å². The van der Waals surface area contributed by atoms with Gasteiger partial charge in [-0.15, -0.1) is 0 Å². The molecule has 1 aliphatic heterocycles. The molecule has 1 aromatic heterocycles. The number of amides is 2. The molecule has 0 atom stereocenters. The summed E-state index contributed by atoms with van der Waals surface area (Å²) >= 11 is 0. The van der Waals surface area contributed by atoms with Gasteiger partial charge >= 0.3 is 0 Å². The van der Waals surface area contributed by atoms with E-state index in [1.54, 1.807) is 0 Å². The number of carbonyl (C=O) groups excluding carboxylic acids is 2. The molecule has 4 heteroatoms. The number of hydrogen-bond donors (Lipinski definition) is 1. The minimum Gasteiger partial charge on any atom is -0.349 e. The van der Waals surface area contributed by atoms with Crippen molar-refractivity contribution in [2.24, 2.45) is 0 Å². The zero-order chi connectivity index (χ0) is 13.1. The minimum absolute atomic E-state index is 0.235. The van der Waals surface area contributed by atoms with E-state index in [1.807, 2.05) is 36.4 Å². The molecule has 0 radical (unpaired) electrons. The first kappa shape index (κ1) is 10.3. The first-order valence-corrected chi connectivity index (χ1v) is 6.04. The number of nitrogens with zero attached hydrogens (tertiary/aromatic N) is 1. The summed E-state index contributed by atoms with van der Waals surface area (Å²) in [5.74, 6) is -0.498. The lowest BCUT2D eigenvalue weighted by Gasteiger charge is -2.06. The standard InChI is InChI=1S/C15H10N2O2/c1-17-14(18)11-10-7-6-8-4-2-3-5-9(8)12(10)16-13(11)15(17)19/h2-7,16H,1H3. The molecule has 0 bridgehead atoms. The monoisotopic (exact) mass is 250 g/mol. The van der Waals surface area contributed by atoms with Gasteiger partial charge in [-0.3, -0.25) is 14.5 Å². The maximum Gasteiger partial charge on any atom is 0.277 e. The van der Waals surface area contributed by atoms with Gasteiger partial charge in [0.2, 0.25) is 0 Å². The van der Waals surface area contributed by atoms with Crippen LogP contribution in [0.3, 0.4) is 0 Å². The van der Waals surface area contributed by atoms with E-state index < -0.39 is 0 Å². The van der Waals surface area contributed by atoms with E-state index in [-0.39, 0.29) is 11.8 Å². The fraction of sp³-hybridized carbons (Fsp3) is 0.0667. The third-order valence-electron chi connectivity index (χ3n) is 3.74. The Morgan fingerprint density at radius 3 is 2.58 bits per heavy atom.